The van der Waals surface area contributed by atoms with Gasteiger partial charge in [0.15, 0.2) is 5.43 Å². The predicted molar refractivity (Wildman–Crippen MR) is 40.8 cm³/mol. The summed E-state index contributed by atoms with van der Waals surface area (Å²) < 4.78 is 1.85. The molecule has 1 aliphatic rings. The second kappa shape index (κ2) is 2.05. The molecule has 2 heterocycles. The van der Waals surface area contributed by atoms with Gasteiger partial charge in [-0.1, -0.05) is 11.8 Å². The van der Waals surface area contributed by atoms with E-state index < -0.39 is 0 Å². The molecule has 0 atom stereocenters. The quantitative estimate of drug-likeness (QED) is 0.589. The molecule has 4 heteroatoms. The lowest BCUT2D eigenvalue weighted by molar-refractivity contribution is 0.832. The standard InChI is InChI=1S/C6H6N2OS/c9-5-1-2-8-6(3-5)10-4-7-8/h1-3,7H,4H2. The molecule has 10 heavy (non-hydrogen) atoms. The van der Waals surface area contributed by atoms with Crippen molar-refractivity contribution in [1.82, 2.24) is 4.68 Å². The van der Waals surface area contributed by atoms with Crippen LogP contribution in [-0.2, 0) is 0 Å². The maximum Gasteiger partial charge on any atom is 0.182 e. The highest BCUT2D eigenvalue weighted by Gasteiger charge is 2.06. The first-order valence-corrected chi connectivity index (χ1v) is 3.94. The summed E-state index contributed by atoms with van der Waals surface area (Å²) in [4.78, 5) is 10.8. The van der Waals surface area contributed by atoms with Gasteiger partial charge < -0.3 is 5.43 Å². The van der Waals surface area contributed by atoms with Crippen molar-refractivity contribution in [2.75, 3.05) is 11.3 Å². The van der Waals surface area contributed by atoms with Crippen molar-refractivity contribution in [3.63, 3.8) is 0 Å². The number of aromatic nitrogens is 1. The van der Waals surface area contributed by atoms with Gasteiger partial charge in [-0.15, -0.1) is 0 Å². The van der Waals surface area contributed by atoms with Crippen molar-refractivity contribution in [3.8, 4) is 0 Å². The molecule has 1 aromatic heterocycles. The van der Waals surface area contributed by atoms with Gasteiger partial charge in [0.2, 0.25) is 0 Å². The molecule has 0 amide bonds. The van der Waals surface area contributed by atoms with E-state index in [2.05, 4.69) is 5.43 Å². The molecule has 0 aliphatic carbocycles. The average Bonchev–Trinajstić information content (AvgIpc) is 2.33. The molecule has 0 bridgehead atoms. The molecule has 1 aliphatic heterocycles. The molecule has 0 saturated carbocycles. The van der Waals surface area contributed by atoms with Crippen molar-refractivity contribution >= 4 is 11.8 Å². The molecule has 3 nitrogen and oxygen atoms in total. The topological polar surface area (TPSA) is 34.0 Å². The van der Waals surface area contributed by atoms with Gasteiger partial charge in [-0.2, -0.15) is 0 Å². The van der Waals surface area contributed by atoms with Crippen LogP contribution in [0, 0.1) is 0 Å². The first-order valence-electron chi connectivity index (χ1n) is 2.96. The van der Waals surface area contributed by atoms with Gasteiger partial charge in [0, 0.05) is 18.3 Å². The summed E-state index contributed by atoms with van der Waals surface area (Å²) in [6.07, 6.45) is 1.75. The minimum atomic E-state index is 0.0717. The minimum Gasteiger partial charge on any atom is -0.315 e. The number of nitrogens with one attached hydrogen (secondary N) is 1. The van der Waals surface area contributed by atoms with Gasteiger partial charge >= 0.3 is 0 Å². The third-order valence-corrected chi connectivity index (χ3v) is 2.23. The summed E-state index contributed by atoms with van der Waals surface area (Å²) in [5.74, 6) is 0.851. The Hall–Kier alpha value is -0.900. The van der Waals surface area contributed by atoms with E-state index in [1.165, 1.54) is 0 Å². The van der Waals surface area contributed by atoms with Crippen molar-refractivity contribution in [2.24, 2.45) is 0 Å². The highest BCUT2D eigenvalue weighted by Crippen LogP contribution is 2.18. The lowest BCUT2D eigenvalue weighted by Crippen LogP contribution is -2.10. The number of fused-ring (bicyclic) bond motifs is 1. The Morgan fingerprint density at radius 3 is 3.50 bits per heavy atom. The van der Waals surface area contributed by atoms with E-state index in [0.29, 0.717) is 0 Å². The van der Waals surface area contributed by atoms with Gasteiger partial charge in [0.25, 0.3) is 0 Å². The van der Waals surface area contributed by atoms with Gasteiger partial charge in [0.1, 0.15) is 5.03 Å². The zero-order valence-corrected chi connectivity index (χ0v) is 6.02. The van der Waals surface area contributed by atoms with E-state index in [4.69, 9.17) is 0 Å². The summed E-state index contributed by atoms with van der Waals surface area (Å²) >= 11 is 1.63. The monoisotopic (exact) mass is 154 g/mol. The SMILES string of the molecule is O=c1ccn2c(c1)SCN2. The van der Waals surface area contributed by atoms with Crippen LogP contribution in [0.4, 0.5) is 0 Å². The van der Waals surface area contributed by atoms with E-state index in [-0.39, 0.29) is 5.43 Å². The predicted octanol–water partition coefficient (Wildman–Crippen LogP) is 0.455. The zero-order chi connectivity index (χ0) is 6.97. The van der Waals surface area contributed by atoms with Crippen LogP contribution in [-0.4, -0.2) is 10.6 Å². The van der Waals surface area contributed by atoms with Crippen molar-refractivity contribution in [3.05, 3.63) is 28.6 Å². The number of thioether (sulfide) groups is 1. The molecule has 0 spiro atoms. The Labute approximate surface area is 62.0 Å². The van der Waals surface area contributed by atoms with E-state index in [1.54, 1.807) is 30.1 Å². The minimum absolute atomic E-state index is 0.0717. The van der Waals surface area contributed by atoms with Crippen LogP contribution < -0.4 is 10.9 Å². The third-order valence-electron chi connectivity index (χ3n) is 1.35. The Kier molecular flexibility index (Phi) is 1.20. The van der Waals surface area contributed by atoms with Crippen LogP contribution >= 0.6 is 11.8 Å². The van der Waals surface area contributed by atoms with Crippen LogP contribution in [0.2, 0.25) is 0 Å². The summed E-state index contributed by atoms with van der Waals surface area (Å²) in [5.41, 5.74) is 3.14. The molecule has 2 rings (SSSR count). The zero-order valence-electron chi connectivity index (χ0n) is 5.20. The first kappa shape index (κ1) is 5.85. The van der Waals surface area contributed by atoms with Gasteiger partial charge in [-0.05, 0) is 0 Å². The number of rotatable bonds is 0. The fraction of sp³-hybridized carbons (Fsp3) is 0.167. The molecule has 0 saturated heterocycles. The van der Waals surface area contributed by atoms with E-state index in [9.17, 15) is 4.79 Å². The molecule has 0 fully saturated rings. The maximum absolute atomic E-state index is 10.8. The van der Waals surface area contributed by atoms with Crippen LogP contribution in [0.15, 0.2) is 28.2 Å². The third kappa shape index (κ3) is 0.806. The van der Waals surface area contributed by atoms with E-state index in [1.807, 2.05) is 4.68 Å². The van der Waals surface area contributed by atoms with Crippen LogP contribution in [0.5, 0.6) is 0 Å². The second-order valence-corrected chi connectivity index (χ2v) is 3.01. The van der Waals surface area contributed by atoms with Crippen molar-refractivity contribution in [1.29, 1.82) is 0 Å². The molecule has 1 aromatic rings. The molecular formula is C6H6N2OS. The second-order valence-electron chi connectivity index (χ2n) is 2.02. The molecule has 0 radical (unpaired) electrons. The highest BCUT2D eigenvalue weighted by atomic mass is 32.2. The lowest BCUT2D eigenvalue weighted by atomic mass is 10.5. The summed E-state index contributed by atoms with van der Waals surface area (Å²) in [7, 11) is 0. The smallest absolute Gasteiger partial charge is 0.182 e. The van der Waals surface area contributed by atoms with Crippen LogP contribution in [0.1, 0.15) is 0 Å². The fourth-order valence-electron chi connectivity index (χ4n) is 0.878. The molecular weight excluding hydrogens is 148 g/mol. The molecule has 0 aromatic carbocycles. The average molecular weight is 154 g/mol. The summed E-state index contributed by atoms with van der Waals surface area (Å²) in [5, 5.41) is 0.993. The van der Waals surface area contributed by atoms with Crippen LogP contribution in [0.25, 0.3) is 0 Å². The molecule has 52 valence electrons. The Morgan fingerprint density at radius 2 is 2.60 bits per heavy atom. The largest absolute Gasteiger partial charge is 0.315 e. The molecule has 1 N–H and O–H groups in total. The Morgan fingerprint density at radius 1 is 1.70 bits per heavy atom. The number of pyridine rings is 1. The maximum atomic E-state index is 10.8. The van der Waals surface area contributed by atoms with Gasteiger partial charge in [0.05, 0.1) is 5.88 Å². The molecule has 0 unspecified atom stereocenters. The Balaban J connectivity index is 2.63. The van der Waals surface area contributed by atoms with Crippen molar-refractivity contribution in [2.45, 2.75) is 5.03 Å². The summed E-state index contributed by atoms with van der Waals surface area (Å²) in [6.45, 7) is 0. The van der Waals surface area contributed by atoms with Gasteiger partial charge in [-0.25, -0.2) is 0 Å². The number of hydrogen-bond acceptors (Lipinski definition) is 3. The number of hydrogen-bond donors (Lipinski definition) is 1. The van der Waals surface area contributed by atoms with E-state index in [0.717, 1.165) is 10.9 Å². The highest BCUT2D eigenvalue weighted by molar-refractivity contribution is 7.99. The lowest BCUT2D eigenvalue weighted by Gasteiger charge is -1.99. The Bertz CT molecular complexity index is 307. The summed E-state index contributed by atoms with van der Waals surface area (Å²) in [6, 6.07) is 3.17. The van der Waals surface area contributed by atoms with E-state index >= 15 is 0 Å². The van der Waals surface area contributed by atoms with Crippen molar-refractivity contribution < 1.29 is 0 Å². The normalized spacial score (nSPS) is 14.4. The van der Waals surface area contributed by atoms with Gasteiger partial charge in [-0.3, -0.25) is 9.47 Å². The van der Waals surface area contributed by atoms with Crippen LogP contribution in [0.3, 0.4) is 0 Å². The fourth-order valence-corrected chi connectivity index (χ4v) is 1.69. The number of nitrogens with zero attached hydrogens (tertiary/aromatic N) is 1. The first-order chi connectivity index (χ1) is 4.86.